The van der Waals surface area contributed by atoms with Crippen molar-refractivity contribution in [2.75, 3.05) is 6.54 Å². The van der Waals surface area contributed by atoms with Crippen molar-refractivity contribution in [2.24, 2.45) is 11.8 Å². The predicted molar refractivity (Wildman–Crippen MR) is 61.4 cm³/mol. The Labute approximate surface area is 96.8 Å². The van der Waals surface area contributed by atoms with Crippen LogP contribution in [0.15, 0.2) is 0 Å². The lowest BCUT2D eigenvalue weighted by Gasteiger charge is -2.28. The molecule has 1 N–H and O–H groups in total. The number of hydrogen-bond donors (Lipinski definition) is 1. The number of alkyl halides is 3. The third-order valence-electron chi connectivity index (χ3n) is 3.13. The van der Waals surface area contributed by atoms with Crippen LogP contribution in [0.5, 0.6) is 0 Å². The van der Waals surface area contributed by atoms with Gasteiger partial charge in [-0.3, -0.25) is 0 Å². The SMILES string of the molecule is CCNC(CCCC(F)(F)F)C(C)C(C)C. The molecular weight excluding hydrogens is 215 g/mol. The first-order chi connectivity index (χ1) is 7.28. The number of nitrogens with one attached hydrogen (secondary N) is 1. The van der Waals surface area contributed by atoms with Crippen LogP contribution in [-0.4, -0.2) is 18.8 Å². The zero-order valence-electron chi connectivity index (χ0n) is 10.7. The molecule has 0 radical (unpaired) electrons. The summed E-state index contributed by atoms with van der Waals surface area (Å²) in [5.41, 5.74) is 0. The van der Waals surface area contributed by atoms with E-state index in [1.54, 1.807) is 0 Å². The minimum atomic E-state index is -4.02. The quantitative estimate of drug-likeness (QED) is 0.708. The summed E-state index contributed by atoms with van der Waals surface area (Å²) in [6.45, 7) is 9.13. The molecule has 0 amide bonds. The Balaban J connectivity index is 4.04. The molecule has 0 spiro atoms. The lowest BCUT2D eigenvalue weighted by Crippen LogP contribution is -2.37. The van der Waals surface area contributed by atoms with Crippen molar-refractivity contribution in [3.63, 3.8) is 0 Å². The lowest BCUT2D eigenvalue weighted by atomic mass is 9.87. The maximum atomic E-state index is 12.0. The fraction of sp³-hybridized carbons (Fsp3) is 1.00. The van der Waals surface area contributed by atoms with Crippen LogP contribution in [0.25, 0.3) is 0 Å². The smallest absolute Gasteiger partial charge is 0.314 e. The highest BCUT2D eigenvalue weighted by atomic mass is 19.4. The molecule has 0 rings (SSSR count). The lowest BCUT2D eigenvalue weighted by molar-refractivity contribution is -0.136. The van der Waals surface area contributed by atoms with Gasteiger partial charge in [0.1, 0.15) is 0 Å². The van der Waals surface area contributed by atoms with E-state index in [0.717, 1.165) is 6.54 Å². The molecule has 0 bridgehead atoms. The Morgan fingerprint density at radius 3 is 2.06 bits per heavy atom. The van der Waals surface area contributed by atoms with Gasteiger partial charge in [-0.15, -0.1) is 0 Å². The first-order valence-corrected chi connectivity index (χ1v) is 6.08. The van der Waals surface area contributed by atoms with E-state index in [9.17, 15) is 13.2 Å². The Bertz CT molecular complexity index is 178. The largest absolute Gasteiger partial charge is 0.389 e. The van der Waals surface area contributed by atoms with Gasteiger partial charge in [0.2, 0.25) is 0 Å². The molecule has 16 heavy (non-hydrogen) atoms. The van der Waals surface area contributed by atoms with E-state index in [2.05, 4.69) is 26.1 Å². The summed E-state index contributed by atoms with van der Waals surface area (Å²) in [6, 6.07) is 0.201. The first-order valence-electron chi connectivity index (χ1n) is 6.08. The molecule has 0 aromatic rings. The molecule has 2 atom stereocenters. The molecule has 0 aliphatic rings. The fourth-order valence-electron chi connectivity index (χ4n) is 1.80. The molecule has 0 fully saturated rings. The van der Waals surface area contributed by atoms with Crippen LogP contribution in [0, 0.1) is 11.8 Å². The van der Waals surface area contributed by atoms with Gasteiger partial charge < -0.3 is 5.32 Å². The van der Waals surface area contributed by atoms with Crippen molar-refractivity contribution >= 4 is 0 Å². The van der Waals surface area contributed by atoms with Crippen LogP contribution in [0.1, 0.15) is 47.0 Å². The average Bonchev–Trinajstić information content (AvgIpc) is 2.13. The normalized spacial score (nSPS) is 16.5. The van der Waals surface area contributed by atoms with Crippen LogP contribution in [0.3, 0.4) is 0 Å². The Morgan fingerprint density at radius 2 is 1.69 bits per heavy atom. The molecule has 0 aliphatic carbocycles. The second-order valence-electron chi connectivity index (χ2n) is 4.77. The highest BCUT2D eigenvalue weighted by molar-refractivity contribution is 4.75. The summed E-state index contributed by atoms with van der Waals surface area (Å²) < 4.78 is 36.1. The third kappa shape index (κ3) is 7.09. The number of halogens is 3. The molecular formula is C12H24F3N. The van der Waals surface area contributed by atoms with Crippen molar-refractivity contribution in [1.29, 1.82) is 0 Å². The minimum Gasteiger partial charge on any atom is -0.314 e. The highest BCUT2D eigenvalue weighted by Crippen LogP contribution is 2.25. The van der Waals surface area contributed by atoms with Crippen molar-refractivity contribution in [3.8, 4) is 0 Å². The number of rotatable bonds is 7. The summed E-state index contributed by atoms with van der Waals surface area (Å²) in [6.07, 6.45) is -3.86. The van der Waals surface area contributed by atoms with Crippen molar-refractivity contribution in [2.45, 2.75) is 59.2 Å². The second-order valence-corrected chi connectivity index (χ2v) is 4.77. The van der Waals surface area contributed by atoms with Crippen LogP contribution >= 0.6 is 0 Å². The summed E-state index contributed by atoms with van der Waals surface area (Å²) in [7, 11) is 0. The second kappa shape index (κ2) is 7.15. The zero-order chi connectivity index (χ0) is 12.8. The van der Waals surface area contributed by atoms with Gasteiger partial charge in [-0.25, -0.2) is 0 Å². The topological polar surface area (TPSA) is 12.0 Å². The summed E-state index contributed by atoms with van der Waals surface area (Å²) in [5.74, 6) is 0.906. The third-order valence-corrected chi connectivity index (χ3v) is 3.13. The summed E-state index contributed by atoms with van der Waals surface area (Å²) >= 11 is 0. The molecule has 4 heteroatoms. The molecule has 0 aromatic heterocycles. The fourth-order valence-corrected chi connectivity index (χ4v) is 1.80. The molecule has 0 aliphatic heterocycles. The van der Waals surface area contributed by atoms with E-state index in [-0.39, 0.29) is 12.5 Å². The van der Waals surface area contributed by atoms with E-state index in [4.69, 9.17) is 0 Å². The van der Waals surface area contributed by atoms with Crippen molar-refractivity contribution in [3.05, 3.63) is 0 Å². The van der Waals surface area contributed by atoms with E-state index in [0.29, 0.717) is 18.3 Å². The molecule has 98 valence electrons. The predicted octanol–water partition coefficient (Wildman–Crippen LogP) is 3.99. The van der Waals surface area contributed by atoms with E-state index >= 15 is 0 Å². The molecule has 0 heterocycles. The van der Waals surface area contributed by atoms with Crippen molar-refractivity contribution < 1.29 is 13.2 Å². The van der Waals surface area contributed by atoms with E-state index < -0.39 is 12.6 Å². The minimum absolute atomic E-state index is 0.201. The van der Waals surface area contributed by atoms with E-state index in [1.807, 2.05) is 6.92 Å². The molecule has 0 aromatic carbocycles. The van der Waals surface area contributed by atoms with Crippen molar-refractivity contribution in [1.82, 2.24) is 5.32 Å². The summed E-state index contributed by atoms with van der Waals surface area (Å²) in [5, 5.41) is 3.28. The Morgan fingerprint density at radius 1 is 1.12 bits per heavy atom. The van der Waals surface area contributed by atoms with Gasteiger partial charge in [-0.05, 0) is 31.2 Å². The van der Waals surface area contributed by atoms with Gasteiger partial charge in [0, 0.05) is 12.5 Å². The average molecular weight is 239 g/mol. The summed E-state index contributed by atoms with van der Waals surface area (Å²) in [4.78, 5) is 0. The number of hydrogen-bond acceptors (Lipinski definition) is 1. The van der Waals surface area contributed by atoms with Crippen LogP contribution in [0.2, 0.25) is 0 Å². The standard InChI is InChI=1S/C12H24F3N/c1-5-16-11(10(4)9(2)3)7-6-8-12(13,14)15/h9-11,16H,5-8H2,1-4H3. The Kier molecular flexibility index (Phi) is 7.04. The first kappa shape index (κ1) is 15.8. The maximum Gasteiger partial charge on any atom is 0.389 e. The zero-order valence-corrected chi connectivity index (χ0v) is 10.7. The van der Waals surface area contributed by atoms with Gasteiger partial charge >= 0.3 is 6.18 Å². The monoisotopic (exact) mass is 239 g/mol. The van der Waals surface area contributed by atoms with E-state index in [1.165, 1.54) is 0 Å². The van der Waals surface area contributed by atoms with Crippen LogP contribution in [0.4, 0.5) is 13.2 Å². The van der Waals surface area contributed by atoms with Crippen LogP contribution < -0.4 is 5.32 Å². The molecule has 0 saturated heterocycles. The van der Waals surface area contributed by atoms with Gasteiger partial charge in [0.25, 0.3) is 0 Å². The van der Waals surface area contributed by atoms with Gasteiger partial charge in [0.05, 0.1) is 0 Å². The highest BCUT2D eigenvalue weighted by Gasteiger charge is 2.27. The molecule has 2 unspecified atom stereocenters. The Hall–Kier alpha value is -0.250. The molecule has 0 saturated carbocycles. The van der Waals surface area contributed by atoms with Gasteiger partial charge in [-0.1, -0.05) is 27.7 Å². The molecule has 1 nitrogen and oxygen atoms in total. The maximum absolute atomic E-state index is 12.0. The van der Waals surface area contributed by atoms with Gasteiger partial charge in [-0.2, -0.15) is 13.2 Å². The van der Waals surface area contributed by atoms with Gasteiger partial charge in [0.15, 0.2) is 0 Å². The van der Waals surface area contributed by atoms with Crippen LogP contribution in [-0.2, 0) is 0 Å².